The van der Waals surface area contributed by atoms with Gasteiger partial charge in [0.15, 0.2) is 6.61 Å². The third-order valence-corrected chi connectivity index (χ3v) is 3.55. The predicted octanol–water partition coefficient (Wildman–Crippen LogP) is 2.15. The van der Waals surface area contributed by atoms with Crippen molar-refractivity contribution in [1.82, 2.24) is 5.32 Å². The molecule has 0 saturated carbocycles. The molecule has 0 saturated heterocycles. The van der Waals surface area contributed by atoms with Gasteiger partial charge >= 0.3 is 5.97 Å². The zero-order chi connectivity index (χ0) is 15.0. The van der Waals surface area contributed by atoms with Gasteiger partial charge in [-0.15, -0.1) is 0 Å². The van der Waals surface area contributed by atoms with E-state index in [1.165, 1.54) is 11.8 Å². The van der Waals surface area contributed by atoms with E-state index in [4.69, 9.17) is 9.84 Å². The second kappa shape index (κ2) is 8.86. The average molecular weight is 362 g/mol. The second-order valence-corrected chi connectivity index (χ2v) is 5.89. The van der Waals surface area contributed by atoms with Gasteiger partial charge < -0.3 is 15.2 Å². The SMILES string of the molecule is CSCC[C@H](NC(=O)COc1cccc(Br)c1)C(=O)O. The first-order valence-electron chi connectivity index (χ1n) is 5.92. The summed E-state index contributed by atoms with van der Waals surface area (Å²) in [6, 6.07) is 6.21. The molecular weight excluding hydrogens is 346 g/mol. The van der Waals surface area contributed by atoms with Crippen LogP contribution in [-0.2, 0) is 9.59 Å². The fourth-order valence-electron chi connectivity index (χ4n) is 1.43. The molecule has 7 heteroatoms. The fourth-order valence-corrected chi connectivity index (χ4v) is 2.28. The Kier molecular flexibility index (Phi) is 7.46. The zero-order valence-electron chi connectivity index (χ0n) is 11.0. The molecule has 0 aromatic heterocycles. The number of carbonyl (C=O) groups is 2. The van der Waals surface area contributed by atoms with Crippen molar-refractivity contribution in [2.45, 2.75) is 12.5 Å². The summed E-state index contributed by atoms with van der Waals surface area (Å²) >= 11 is 4.83. The van der Waals surface area contributed by atoms with Gasteiger partial charge in [0, 0.05) is 4.47 Å². The van der Waals surface area contributed by atoms with Crippen LogP contribution in [0.2, 0.25) is 0 Å². The first-order chi connectivity index (χ1) is 9.52. The molecule has 1 rings (SSSR count). The molecule has 0 heterocycles. The largest absolute Gasteiger partial charge is 0.484 e. The third-order valence-electron chi connectivity index (χ3n) is 2.41. The first kappa shape index (κ1) is 16.8. The summed E-state index contributed by atoms with van der Waals surface area (Å²) in [6.45, 7) is -0.209. The van der Waals surface area contributed by atoms with Gasteiger partial charge in [0.05, 0.1) is 0 Å². The minimum atomic E-state index is -1.03. The van der Waals surface area contributed by atoms with Crippen LogP contribution in [0.4, 0.5) is 0 Å². The van der Waals surface area contributed by atoms with Crippen molar-refractivity contribution in [2.24, 2.45) is 0 Å². The molecule has 5 nitrogen and oxygen atoms in total. The van der Waals surface area contributed by atoms with Crippen molar-refractivity contribution in [3.63, 3.8) is 0 Å². The molecule has 0 aliphatic heterocycles. The minimum Gasteiger partial charge on any atom is -0.484 e. The molecule has 1 amide bonds. The topological polar surface area (TPSA) is 75.6 Å². The van der Waals surface area contributed by atoms with E-state index in [0.717, 1.165) is 4.47 Å². The number of nitrogens with one attached hydrogen (secondary N) is 1. The molecule has 0 aliphatic carbocycles. The highest BCUT2D eigenvalue weighted by atomic mass is 79.9. The van der Waals surface area contributed by atoms with E-state index in [0.29, 0.717) is 17.9 Å². The second-order valence-electron chi connectivity index (χ2n) is 3.99. The number of thioether (sulfide) groups is 1. The summed E-state index contributed by atoms with van der Waals surface area (Å²) in [4.78, 5) is 22.7. The normalized spacial score (nSPS) is 11.7. The lowest BCUT2D eigenvalue weighted by atomic mass is 10.2. The van der Waals surface area contributed by atoms with Crippen molar-refractivity contribution in [3.8, 4) is 5.75 Å². The molecule has 1 atom stereocenters. The summed E-state index contributed by atoms with van der Waals surface area (Å²) in [5.41, 5.74) is 0. The standard InChI is InChI=1S/C13H16BrNO4S/c1-20-6-5-11(13(17)18)15-12(16)8-19-10-4-2-3-9(14)7-10/h2-4,7,11H,5-6,8H2,1H3,(H,15,16)(H,17,18)/t11-/m0/s1. The van der Waals surface area contributed by atoms with Gasteiger partial charge in [-0.2, -0.15) is 11.8 Å². The summed E-state index contributed by atoms with van der Waals surface area (Å²) < 4.78 is 6.14. The Hall–Kier alpha value is -1.21. The number of carboxylic acids is 1. The Bertz CT molecular complexity index is 469. The number of hydrogen-bond acceptors (Lipinski definition) is 4. The van der Waals surface area contributed by atoms with E-state index >= 15 is 0 Å². The van der Waals surface area contributed by atoms with Crippen molar-refractivity contribution in [2.75, 3.05) is 18.6 Å². The van der Waals surface area contributed by atoms with Gasteiger partial charge in [0.2, 0.25) is 0 Å². The molecule has 0 aliphatic rings. The molecule has 20 heavy (non-hydrogen) atoms. The molecular formula is C13H16BrNO4S. The van der Waals surface area contributed by atoms with Gasteiger partial charge in [-0.3, -0.25) is 4.79 Å². The summed E-state index contributed by atoms with van der Waals surface area (Å²) in [6.07, 6.45) is 2.27. The number of carbonyl (C=O) groups excluding carboxylic acids is 1. The first-order valence-corrected chi connectivity index (χ1v) is 8.11. The highest BCUT2D eigenvalue weighted by Gasteiger charge is 2.19. The van der Waals surface area contributed by atoms with Crippen molar-refractivity contribution in [1.29, 1.82) is 0 Å². The number of halogens is 1. The maximum atomic E-state index is 11.7. The lowest BCUT2D eigenvalue weighted by Gasteiger charge is -2.14. The van der Waals surface area contributed by atoms with Crippen LogP contribution in [0.25, 0.3) is 0 Å². The van der Waals surface area contributed by atoms with Gasteiger partial charge in [-0.25, -0.2) is 4.79 Å². The van der Waals surface area contributed by atoms with Crippen LogP contribution in [-0.4, -0.2) is 41.6 Å². The van der Waals surface area contributed by atoms with Crippen LogP contribution in [0.15, 0.2) is 28.7 Å². The molecule has 0 bridgehead atoms. The molecule has 1 aromatic rings. The van der Waals surface area contributed by atoms with Crippen LogP contribution in [0.5, 0.6) is 5.75 Å². The third kappa shape index (κ3) is 6.29. The van der Waals surface area contributed by atoms with Gasteiger partial charge in [0.1, 0.15) is 11.8 Å². The number of carboxylic acid groups (broad SMARTS) is 1. The molecule has 2 N–H and O–H groups in total. The number of ether oxygens (including phenoxy) is 1. The number of benzene rings is 1. The Morgan fingerprint density at radius 1 is 1.50 bits per heavy atom. The van der Waals surface area contributed by atoms with Gasteiger partial charge in [-0.1, -0.05) is 22.0 Å². The molecule has 110 valence electrons. The summed E-state index contributed by atoms with van der Waals surface area (Å²) in [5, 5.41) is 11.4. The Labute approximate surface area is 130 Å². The average Bonchev–Trinajstić information content (AvgIpc) is 2.41. The van der Waals surface area contributed by atoms with E-state index in [2.05, 4.69) is 21.2 Å². The lowest BCUT2D eigenvalue weighted by molar-refractivity contribution is -0.142. The quantitative estimate of drug-likeness (QED) is 0.741. The number of amides is 1. The Morgan fingerprint density at radius 2 is 2.25 bits per heavy atom. The molecule has 0 fully saturated rings. The van der Waals surface area contributed by atoms with Gasteiger partial charge in [-0.05, 0) is 36.6 Å². The molecule has 0 unspecified atom stereocenters. The Balaban J connectivity index is 2.43. The predicted molar refractivity (Wildman–Crippen MR) is 82.2 cm³/mol. The molecule has 0 radical (unpaired) electrons. The summed E-state index contributed by atoms with van der Waals surface area (Å²) in [7, 11) is 0. The van der Waals surface area contributed by atoms with Crippen LogP contribution in [0.1, 0.15) is 6.42 Å². The van der Waals surface area contributed by atoms with E-state index in [9.17, 15) is 9.59 Å². The van der Waals surface area contributed by atoms with E-state index < -0.39 is 17.9 Å². The van der Waals surface area contributed by atoms with Gasteiger partial charge in [0.25, 0.3) is 5.91 Å². The van der Waals surface area contributed by atoms with Crippen LogP contribution < -0.4 is 10.1 Å². The highest BCUT2D eigenvalue weighted by Crippen LogP contribution is 2.17. The highest BCUT2D eigenvalue weighted by molar-refractivity contribution is 9.10. The van der Waals surface area contributed by atoms with Crippen LogP contribution >= 0.6 is 27.7 Å². The minimum absolute atomic E-state index is 0.209. The van der Waals surface area contributed by atoms with Crippen molar-refractivity contribution >= 4 is 39.6 Å². The molecule has 0 spiro atoms. The van der Waals surface area contributed by atoms with Crippen molar-refractivity contribution in [3.05, 3.63) is 28.7 Å². The lowest BCUT2D eigenvalue weighted by Crippen LogP contribution is -2.43. The maximum Gasteiger partial charge on any atom is 0.326 e. The fraction of sp³-hybridized carbons (Fsp3) is 0.385. The maximum absolute atomic E-state index is 11.7. The molecule has 1 aromatic carbocycles. The zero-order valence-corrected chi connectivity index (χ0v) is 13.4. The number of rotatable bonds is 8. The van der Waals surface area contributed by atoms with Crippen LogP contribution in [0.3, 0.4) is 0 Å². The Morgan fingerprint density at radius 3 is 2.85 bits per heavy atom. The van der Waals surface area contributed by atoms with Crippen LogP contribution in [0, 0.1) is 0 Å². The number of hydrogen-bond donors (Lipinski definition) is 2. The van der Waals surface area contributed by atoms with E-state index in [1.54, 1.807) is 18.2 Å². The smallest absolute Gasteiger partial charge is 0.326 e. The van der Waals surface area contributed by atoms with Crippen molar-refractivity contribution < 1.29 is 19.4 Å². The summed E-state index contributed by atoms with van der Waals surface area (Å²) in [5.74, 6) is -0.261. The monoisotopic (exact) mass is 361 g/mol. The number of aliphatic carboxylic acids is 1. The van der Waals surface area contributed by atoms with E-state index in [-0.39, 0.29) is 6.61 Å². The van der Waals surface area contributed by atoms with E-state index in [1.807, 2.05) is 12.3 Å².